The quantitative estimate of drug-likeness (QED) is 0.736. The molecular formula is C11H19N3. The molecule has 0 bridgehead atoms. The summed E-state index contributed by atoms with van der Waals surface area (Å²) in [5, 5.41) is 0. The molecule has 3 heteroatoms. The second-order valence-corrected chi connectivity index (χ2v) is 4.23. The first kappa shape index (κ1) is 11.0. The van der Waals surface area contributed by atoms with Crippen LogP contribution in [0.3, 0.4) is 0 Å². The van der Waals surface area contributed by atoms with Gasteiger partial charge >= 0.3 is 0 Å². The first-order valence-electron chi connectivity index (χ1n) is 5.02. The van der Waals surface area contributed by atoms with Crippen molar-refractivity contribution in [1.29, 1.82) is 0 Å². The van der Waals surface area contributed by atoms with E-state index in [0.717, 1.165) is 23.9 Å². The Morgan fingerprint density at radius 1 is 1.21 bits per heavy atom. The predicted molar refractivity (Wildman–Crippen MR) is 59.6 cm³/mol. The van der Waals surface area contributed by atoms with E-state index >= 15 is 0 Å². The topological polar surface area (TPSA) is 29.0 Å². The molecule has 14 heavy (non-hydrogen) atoms. The molecule has 0 aliphatic heterocycles. The van der Waals surface area contributed by atoms with Crippen LogP contribution >= 0.6 is 0 Å². The fourth-order valence-corrected chi connectivity index (χ4v) is 1.51. The molecule has 0 atom stereocenters. The van der Waals surface area contributed by atoms with Crippen LogP contribution in [0, 0.1) is 19.8 Å². The van der Waals surface area contributed by atoms with Crippen molar-refractivity contribution in [3.05, 3.63) is 17.5 Å². The van der Waals surface area contributed by atoms with Crippen LogP contribution in [-0.4, -0.2) is 23.6 Å². The lowest BCUT2D eigenvalue weighted by Gasteiger charge is -2.19. The van der Waals surface area contributed by atoms with Crippen molar-refractivity contribution in [2.24, 2.45) is 5.92 Å². The molecule has 0 spiro atoms. The van der Waals surface area contributed by atoms with Crippen molar-refractivity contribution < 1.29 is 0 Å². The third-order valence-corrected chi connectivity index (χ3v) is 1.95. The molecule has 0 amide bonds. The molecule has 1 heterocycles. The van der Waals surface area contributed by atoms with Gasteiger partial charge in [-0.2, -0.15) is 0 Å². The van der Waals surface area contributed by atoms with Crippen LogP contribution in [0.15, 0.2) is 6.07 Å². The van der Waals surface area contributed by atoms with E-state index in [9.17, 15) is 0 Å². The van der Waals surface area contributed by atoms with Crippen molar-refractivity contribution >= 4 is 5.95 Å². The largest absolute Gasteiger partial charge is 0.344 e. The molecule has 0 N–H and O–H groups in total. The molecule has 0 aliphatic carbocycles. The molecule has 0 aromatic carbocycles. The average molecular weight is 193 g/mol. The summed E-state index contributed by atoms with van der Waals surface area (Å²) in [6.07, 6.45) is 0. The maximum atomic E-state index is 4.40. The molecule has 0 aliphatic rings. The van der Waals surface area contributed by atoms with E-state index in [2.05, 4.69) is 28.7 Å². The Bertz CT molecular complexity index is 287. The Kier molecular flexibility index (Phi) is 3.44. The highest BCUT2D eigenvalue weighted by molar-refractivity contribution is 5.30. The number of aryl methyl sites for hydroxylation is 2. The van der Waals surface area contributed by atoms with Gasteiger partial charge in [-0.25, -0.2) is 9.97 Å². The Hall–Kier alpha value is -1.12. The summed E-state index contributed by atoms with van der Waals surface area (Å²) in [6.45, 7) is 9.38. The molecule has 1 rings (SSSR count). The Labute approximate surface area is 86.2 Å². The normalized spacial score (nSPS) is 10.7. The fourth-order valence-electron chi connectivity index (χ4n) is 1.51. The second kappa shape index (κ2) is 4.40. The van der Waals surface area contributed by atoms with E-state index in [1.165, 1.54) is 0 Å². The van der Waals surface area contributed by atoms with Gasteiger partial charge in [-0.15, -0.1) is 0 Å². The maximum Gasteiger partial charge on any atom is 0.225 e. The molecule has 1 aromatic rings. The summed E-state index contributed by atoms with van der Waals surface area (Å²) < 4.78 is 0. The van der Waals surface area contributed by atoms with E-state index < -0.39 is 0 Å². The van der Waals surface area contributed by atoms with Crippen molar-refractivity contribution in [2.45, 2.75) is 27.7 Å². The molecule has 1 aromatic heterocycles. The van der Waals surface area contributed by atoms with Crippen molar-refractivity contribution in [1.82, 2.24) is 9.97 Å². The highest BCUT2D eigenvalue weighted by Gasteiger charge is 2.06. The lowest BCUT2D eigenvalue weighted by molar-refractivity contribution is 0.628. The van der Waals surface area contributed by atoms with Crippen molar-refractivity contribution in [3.63, 3.8) is 0 Å². The number of nitrogens with zero attached hydrogens (tertiary/aromatic N) is 3. The van der Waals surface area contributed by atoms with Gasteiger partial charge in [0.05, 0.1) is 0 Å². The molecule has 3 nitrogen and oxygen atoms in total. The van der Waals surface area contributed by atoms with Gasteiger partial charge in [0.25, 0.3) is 0 Å². The maximum absolute atomic E-state index is 4.40. The van der Waals surface area contributed by atoms with Crippen LogP contribution in [0.2, 0.25) is 0 Å². The Morgan fingerprint density at radius 2 is 1.71 bits per heavy atom. The number of aromatic nitrogens is 2. The number of hydrogen-bond acceptors (Lipinski definition) is 3. The summed E-state index contributed by atoms with van der Waals surface area (Å²) in [5.41, 5.74) is 2.06. The van der Waals surface area contributed by atoms with Crippen LogP contribution in [0.1, 0.15) is 25.2 Å². The van der Waals surface area contributed by atoms with Crippen molar-refractivity contribution in [3.8, 4) is 0 Å². The highest BCUT2D eigenvalue weighted by Crippen LogP contribution is 2.09. The number of anilines is 1. The lowest BCUT2D eigenvalue weighted by atomic mass is 10.2. The van der Waals surface area contributed by atoms with Gasteiger partial charge in [0, 0.05) is 25.0 Å². The Balaban J connectivity index is 2.84. The smallest absolute Gasteiger partial charge is 0.225 e. The third kappa shape index (κ3) is 2.98. The molecule has 0 unspecified atom stereocenters. The molecular weight excluding hydrogens is 174 g/mol. The fraction of sp³-hybridized carbons (Fsp3) is 0.636. The third-order valence-electron chi connectivity index (χ3n) is 1.95. The van der Waals surface area contributed by atoms with Gasteiger partial charge in [-0.3, -0.25) is 0 Å². The summed E-state index contributed by atoms with van der Waals surface area (Å²) in [4.78, 5) is 10.9. The second-order valence-electron chi connectivity index (χ2n) is 4.23. The minimum atomic E-state index is 0.629. The zero-order chi connectivity index (χ0) is 10.7. The molecule has 0 fully saturated rings. The number of rotatable bonds is 3. The van der Waals surface area contributed by atoms with Crippen LogP contribution < -0.4 is 4.90 Å². The highest BCUT2D eigenvalue weighted by atomic mass is 15.2. The monoisotopic (exact) mass is 193 g/mol. The summed E-state index contributed by atoms with van der Waals surface area (Å²) in [6, 6.07) is 1.99. The van der Waals surface area contributed by atoms with Gasteiger partial charge in [0.2, 0.25) is 5.95 Å². The van der Waals surface area contributed by atoms with Gasteiger partial charge < -0.3 is 4.90 Å². The van der Waals surface area contributed by atoms with Crippen LogP contribution in [0.4, 0.5) is 5.95 Å². The van der Waals surface area contributed by atoms with Crippen molar-refractivity contribution in [2.75, 3.05) is 18.5 Å². The molecule has 0 saturated heterocycles. The van der Waals surface area contributed by atoms with Crippen LogP contribution in [-0.2, 0) is 0 Å². The minimum absolute atomic E-state index is 0.629. The number of hydrogen-bond donors (Lipinski definition) is 0. The summed E-state index contributed by atoms with van der Waals surface area (Å²) in [7, 11) is 2.04. The Morgan fingerprint density at radius 3 is 2.14 bits per heavy atom. The first-order chi connectivity index (χ1) is 6.49. The molecule has 0 saturated carbocycles. The van der Waals surface area contributed by atoms with Crippen LogP contribution in [0.25, 0.3) is 0 Å². The zero-order valence-electron chi connectivity index (χ0n) is 9.70. The van der Waals surface area contributed by atoms with E-state index in [0.29, 0.717) is 5.92 Å². The van der Waals surface area contributed by atoms with Gasteiger partial charge in [-0.05, 0) is 25.8 Å². The van der Waals surface area contributed by atoms with Gasteiger partial charge in [0.1, 0.15) is 0 Å². The minimum Gasteiger partial charge on any atom is -0.344 e. The van der Waals surface area contributed by atoms with Gasteiger partial charge in [-0.1, -0.05) is 13.8 Å². The lowest BCUT2D eigenvalue weighted by Crippen LogP contribution is -2.24. The van der Waals surface area contributed by atoms with Crippen LogP contribution in [0.5, 0.6) is 0 Å². The van der Waals surface area contributed by atoms with Gasteiger partial charge in [0.15, 0.2) is 0 Å². The molecule has 78 valence electrons. The first-order valence-corrected chi connectivity index (χ1v) is 5.02. The van der Waals surface area contributed by atoms with E-state index in [4.69, 9.17) is 0 Å². The van der Waals surface area contributed by atoms with E-state index in [-0.39, 0.29) is 0 Å². The average Bonchev–Trinajstić information content (AvgIpc) is 2.00. The van der Waals surface area contributed by atoms with E-state index in [1.54, 1.807) is 0 Å². The summed E-state index contributed by atoms with van der Waals surface area (Å²) in [5.74, 6) is 1.46. The zero-order valence-corrected chi connectivity index (χ0v) is 9.70. The van der Waals surface area contributed by atoms with E-state index in [1.807, 2.05) is 27.0 Å². The standard InChI is InChI=1S/C11H19N3/c1-8(2)7-14(5)11-12-9(3)6-10(4)13-11/h6,8H,7H2,1-5H3. The SMILES string of the molecule is Cc1cc(C)nc(N(C)CC(C)C)n1. The predicted octanol–water partition coefficient (Wildman–Crippen LogP) is 2.19. The summed E-state index contributed by atoms with van der Waals surface area (Å²) >= 11 is 0. The molecule has 0 radical (unpaired) electrons.